The lowest BCUT2D eigenvalue weighted by molar-refractivity contribution is -0.145. The van der Waals surface area contributed by atoms with Gasteiger partial charge in [0.2, 0.25) is 0 Å². The van der Waals surface area contributed by atoms with Crippen molar-refractivity contribution in [2.75, 3.05) is 24.7 Å². The van der Waals surface area contributed by atoms with Gasteiger partial charge in [0.25, 0.3) is 0 Å². The molecule has 0 amide bonds. The van der Waals surface area contributed by atoms with Crippen LogP contribution in [0.3, 0.4) is 0 Å². The zero-order valence-electron chi connectivity index (χ0n) is 8.63. The highest BCUT2D eigenvalue weighted by Crippen LogP contribution is 1.96. The van der Waals surface area contributed by atoms with E-state index in [1.807, 2.05) is 25.6 Å². The quantitative estimate of drug-likeness (QED) is 0.502. The van der Waals surface area contributed by atoms with Crippen LogP contribution < -0.4 is 5.32 Å². The predicted octanol–water partition coefficient (Wildman–Crippen LogP) is 1.28. The number of carbonyl (C=O) groups is 1. The summed E-state index contributed by atoms with van der Waals surface area (Å²) in [5, 5.41) is 3.11. The zero-order chi connectivity index (χ0) is 10.1. The molecule has 0 saturated carbocycles. The van der Waals surface area contributed by atoms with Gasteiger partial charge in [0.15, 0.2) is 0 Å². The Balaban J connectivity index is 3.38. The fourth-order valence-corrected chi connectivity index (χ4v) is 1.39. The zero-order valence-corrected chi connectivity index (χ0v) is 9.45. The number of ether oxygens (including phenoxy) is 1. The van der Waals surface area contributed by atoms with Gasteiger partial charge in [-0.3, -0.25) is 4.79 Å². The molecule has 1 unspecified atom stereocenters. The molecule has 1 N–H and O–H groups in total. The summed E-state index contributed by atoms with van der Waals surface area (Å²) in [6.45, 7) is 7.08. The van der Waals surface area contributed by atoms with E-state index in [0.717, 1.165) is 18.1 Å². The molecule has 0 aromatic heterocycles. The third kappa shape index (κ3) is 6.90. The Hall–Kier alpha value is -0.220. The summed E-state index contributed by atoms with van der Waals surface area (Å²) in [5.74, 6) is 2.00. The summed E-state index contributed by atoms with van der Waals surface area (Å²) < 4.78 is 4.85. The van der Waals surface area contributed by atoms with Crippen molar-refractivity contribution in [3.05, 3.63) is 0 Å². The largest absolute Gasteiger partial charge is 0.465 e. The summed E-state index contributed by atoms with van der Waals surface area (Å²) in [7, 11) is 0. The molecule has 0 fully saturated rings. The van der Waals surface area contributed by atoms with Gasteiger partial charge in [-0.05, 0) is 19.6 Å². The second-order valence-corrected chi connectivity index (χ2v) is 4.02. The molecule has 0 aliphatic carbocycles. The van der Waals surface area contributed by atoms with Crippen LogP contribution in [0.2, 0.25) is 0 Å². The van der Waals surface area contributed by atoms with Crippen LogP contribution in [-0.4, -0.2) is 36.7 Å². The number of hydrogen-bond acceptors (Lipinski definition) is 4. The first-order chi connectivity index (χ1) is 6.22. The van der Waals surface area contributed by atoms with Gasteiger partial charge in [-0.25, -0.2) is 0 Å². The number of rotatable bonds is 7. The molecule has 0 aromatic rings. The highest BCUT2D eigenvalue weighted by molar-refractivity contribution is 7.99. The van der Waals surface area contributed by atoms with Crippen molar-refractivity contribution in [2.24, 2.45) is 0 Å². The minimum atomic E-state index is -0.183. The average molecular weight is 205 g/mol. The Bertz CT molecular complexity index is 142. The molecule has 3 nitrogen and oxygen atoms in total. The lowest BCUT2D eigenvalue weighted by Gasteiger charge is -2.11. The summed E-state index contributed by atoms with van der Waals surface area (Å²) in [4.78, 5) is 11.1. The van der Waals surface area contributed by atoms with Crippen molar-refractivity contribution in [2.45, 2.75) is 26.8 Å². The molecule has 0 bridgehead atoms. The van der Waals surface area contributed by atoms with Crippen molar-refractivity contribution in [1.82, 2.24) is 5.32 Å². The second-order valence-electron chi connectivity index (χ2n) is 2.62. The lowest BCUT2D eigenvalue weighted by atomic mass is 10.3. The van der Waals surface area contributed by atoms with Gasteiger partial charge in [0, 0.05) is 12.3 Å². The SMILES string of the molecule is CCOC(=O)C(C)NCCSCC. The molecule has 0 aromatic carbocycles. The van der Waals surface area contributed by atoms with E-state index in [1.165, 1.54) is 0 Å². The maximum absolute atomic E-state index is 11.1. The van der Waals surface area contributed by atoms with E-state index in [0.29, 0.717) is 6.61 Å². The number of carbonyl (C=O) groups excluding carboxylic acids is 1. The van der Waals surface area contributed by atoms with Gasteiger partial charge in [-0.1, -0.05) is 6.92 Å². The van der Waals surface area contributed by atoms with Crippen molar-refractivity contribution in [3.63, 3.8) is 0 Å². The van der Waals surface area contributed by atoms with Gasteiger partial charge in [0.05, 0.1) is 6.61 Å². The summed E-state index contributed by atoms with van der Waals surface area (Å²) >= 11 is 1.86. The lowest BCUT2D eigenvalue weighted by Crippen LogP contribution is -2.36. The van der Waals surface area contributed by atoms with Gasteiger partial charge < -0.3 is 10.1 Å². The Morgan fingerprint density at radius 1 is 1.54 bits per heavy atom. The van der Waals surface area contributed by atoms with Crippen LogP contribution in [-0.2, 0) is 9.53 Å². The Morgan fingerprint density at radius 3 is 2.77 bits per heavy atom. The van der Waals surface area contributed by atoms with E-state index in [1.54, 1.807) is 0 Å². The molecule has 0 saturated heterocycles. The molecule has 0 spiro atoms. The summed E-state index contributed by atoms with van der Waals surface area (Å²) in [6.07, 6.45) is 0. The first-order valence-electron chi connectivity index (χ1n) is 4.70. The molecule has 78 valence electrons. The second kappa shape index (κ2) is 8.38. The summed E-state index contributed by atoms with van der Waals surface area (Å²) in [6, 6.07) is -0.183. The Kier molecular flexibility index (Phi) is 8.24. The molecule has 4 heteroatoms. The summed E-state index contributed by atoms with van der Waals surface area (Å²) in [5.41, 5.74) is 0. The fraction of sp³-hybridized carbons (Fsp3) is 0.889. The van der Waals surface area contributed by atoms with Gasteiger partial charge >= 0.3 is 5.97 Å². The third-order valence-corrected chi connectivity index (χ3v) is 2.44. The van der Waals surface area contributed by atoms with Crippen LogP contribution in [0.15, 0.2) is 0 Å². The molecule has 0 rings (SSSR count). The van der Waals surface area contributed by atoms with E-state index in [9.17, 15) is 4.79 Å². The fourth-order valence-electron chi connectivity index (χ4n) is 0.843. The van der Waals surface area contributed by atoms with Gasteiger partial charge in [-0.15, -0.1) is 0 Å². The van der Waals surface area contributed by atoms with Crippen LogP contribution in [0, 0.1) is 0 Å². The number of thioether (sulfide) groups is 1. The van der Waals surface area contributed by atoms with E-state index in [4.69, 9.17) is 4.74 Å². The molecule has 0 aliphatic rings. The maximum Gasteiger partial charge on any atom is 0.322 e. The first-order valence-corrected chi connectivity index (χ1v) is 5.85. The van der Waals surface area contributed by atoms with Gasteiger partial charge in [0.1, 0.15) is 6.04 Å². The number of nitrogens with one attached hydrogen (secondary N) is 1. The molecule has 1 atom stereocenters. The van der Waals surface area contributed by atoms with Crippen LogP contribution in [0.5, 0.6) is 0 Å². The Morgan fingerprint density at radius 2 is 2.23 bits per heavy atom. The topological polar surface area (TPSA) is 38.3 Å². The Labute approximate surface area is 84.6 Å². The monoisotopic (exact) mass is 205 g/mol. The van der Waals surface area contributed by atoms with Crippen molar-refractivity contribution in [1.29, 1.82) is 0 Å². The highest BCUT2D eigenvalue weighted by atomic mass is 32.2. The minimum absolute atomic E-state index is 0.163. The normalized spacial score (nSPS) is 12.5. The van der Waals surface area contributed by atoms with E-state index >= 15 is 0 Å². The molecule has 13 heavy (non-hydrogen) atoms. The highest BCUT2D eigenvalue weighted by Gasteiger charge is 2.11. The molecular formula is C9H19NO2S. The predicted molar refractivity (Wildman–Crippen MR) is 57.1 cm³/mol. The molecular weight excluding hydrogens is 186 g/mol. The average Bonchev–Trinajstić information content (AvgIpc) is 2.12. The van der Waals surface area contributed by atoms with Crippen molar-refractivity contribution in [3.8, 4) is 0 Å². The van der Waals surface area contributed by atoms with Gasteiger partial charge in [-0.2, -0.15) is 11.8 Å². The van der Waals surface area contributed by atoms with E-state index in [2.05, 4.69) is 12.2 Å². The van der Waals surface area contributed by atoms with E-state index in [-0.39, 0.29) is 12.0 Å². The van der Waals surface area contributed by atoms with Crippen molar-refractivity contribution >= 4 is 17.7 Å². The standard InChI is InChI=1S/C9H19NO2S/c1-4-12-9(11)8(3)10-6-7-13-5-2/h8,10H,4-7H2,1-3H3. The van der Waals surface area contributed by atoms with Crippen LogP contribution in [0.4, 0.5) is 0 Å². The molecule has 0 aliphatic heterocycles. The maximum atomic E-state index is 11.1. The number of hydrogen-bond donors (Lipinski definition) is 1. The van der Waals surface area contributed by atoms with Crippen LogP contribution >= 0.6 is 11.8 Å². The minimum Gasteiger partial charge on any atom is -0.465 e. The third-order valence-electron chi connectivity index (χ3n) is 1.54. The number of esters is 1. The van der Waals surface area contributed by atoms with Crippen LogP contribution in [0.1, 0.15) is 20.8 Å². The molecule has 0 radical (unpaired) electrons. The van der Waals surface area contributed by atoms with Crippen LogP contribution in [0.25, 0.3) is 0 Å². The first kappa shape index (κ1) is 12.8. The van der Waals surface area contributed by atoms with Crippen molar-refractivity contribution < 1.29 is 9.53 Å². The van der Waals surface area contributed by atoms with E-state index < -0.39 is 0 Å². The molecule has 0 heterocycles. The smallest absolute Gasteiger partial charge is 0.322 e.